The van der Waals surface area contributed by atoms with Crippen LogP contribution in [0.15, 0.2) is 0 Å². The second-order valence-corrected chi connectivity index (χ2v) is 0. The summed E-state index contributed by atoms with van der Waals surface area (Å²) >= 11 is 0. The van der Waals surface area contributed by atoms with Crippen LogP contribution in [-0.2, 0) is 0 Å². The maximum absolute atomic E-state index is 0. The fourth-order valence-electron chi connectivity index (χ4n) is 0. The molecule has 0 aliphatic heterocycles. The van der Waals surface area contributed by atoms with Gasteiger partial charge in [-0.1, -0.05) is 0 Å². The van der Waals surface area contributed by atoms with E-state index in [9.17, 15) is 0 Å². The predicted octanol–water partition coefficient (Wildman–Crippen LogP) is 0.307. The van der Waals surface area contributed by atoms with E-state index in [1.807, 2.05) is 0 Å². The molecule has 0 aromatic rings. The van der Waals surface area contributed by atoms with Crippen LogP contribution in [0.25, 0.3) is 0 Å². The van der Waals surface area contributed by atoms with Crippen molar-refractivity contribution in [1.82, 2.24) is 0 Å². The van der Waals surface area contributed by atoms with Gasteiger partial charge in [-0.2, -0.15) is 0 Å². The Bertz CT molecular complexity index is 11.5. The van der Waals surface area contributed by atoms with E-state index < -0.39 is 0 Å². The molecule has 0 unspecified atom stereocenters. The Labute approximate surface area is 46.9 Å². The average molecular weight is 94.8 g/mol. The third-order valence-corrected chi connectivity index (χ3v) is 0. The third kappa shape index (κ3) is 14.0. The normalized spacial score (nSPS) is 0. The van der Waals surface area contributed by atoms with Gasteiger partial charge in [0.15, 0.2) is 0 Å². The van der Waals surface area contributed by atoms with E-state index in [2.05, 4.69) is 0 Å². The van der Waals surface area contributed by atoms with Gasteiger partial charge < -0.3 is 2.85 Å². The Morgan fingerprint density at radius 2 is 1.00 bits per heavy atom. The van der Waals surface area contributed by atoms with Gasteiger partial charge in [-0.05, 0) is 0 Å². The van der Waals surface area contributed by atoms with Crippen molar-refractivity contribution in [1.29, 1.82) is 0 Å². The van der Waals surface area contributed by atoms with Crippen molar-refractivity contribution in [3.63, 3.8) is 0 Å². The molecule has 0 aliphatic carbocycles. The largest absolute Gasteiger partial charge is 2.00 e. The van der Waals surface area contributed by atoms with Gasteiger partial charge in [-0.15, -0.1) is 24.8 Å². The van der Waals surface area contributed by atoms with Crippen LogP contribution < -0.4 is 0 Å². The second kappa shape index (κ2) is 45.6. The monoisotopic (exact) mass is 94.0 g/mol. The molecule has 4 heteroatoms. The summed E-state index contributed by atoms with van der Waals surface area (Å²) in [7, 11) is 0. The number of hydrogen-bond acceptors (Lipinski definition) is 0. The summed E-state index contributed by atoms with van der Waals surface area (Å²) in [5, 5.41) is 0. The molecule has 0 fully saturated rings. The molecule has 0 N–H and O–H groups in total. The Morgan fingerprint density at radius 3 is 1.00 bits per heavy atom. The van der Waals surface area contributed by atoms with Crippen LogP contribution in [-0.4, -0.2) is 18.5 Å². The fraction of sp³-hybridized carbons (Fsp3) is 0. The standard InChI is InChI=1S/B.Be.2ClH.2H/h;;2*1H;;/q;+2;;;2*-1. The van der Waals surface area contributed by atoms with Gasteiger partial charge >= 0.3 is 10.1 Å². The van der Waals surface area contributed by atoms with Crippen LogP contribution in [0.2, 0.25) is 0 Å². The van der Waals surface area contributed by atoms with Crippen molar-refractivity contribution < 1.29 is 2.85 Å². The summed E-state index contributed by atoms with van der Waals surface area (Å²) in [5.74, 6) is 0. The zero-order valence-corrected chi connectivity index (χ0v) is 3.73. The molecular formula is H4BBeCl2. The summed E-state index contributed by atoms with van der Waals surface area (Å²) in [6.07, 6.45) is 0. The first kappa shape index (κ1) is 106. The molecule has 0 bridgehead atoms. The molecule has 0 atom stereocenters. The van der Waals surface area contributed by atoms with Crippen LogP contribution in [0.4, 0.5) is 0 Å². The molecule has 0 rings (SSSR count). The zero-order valence-electron chi connectivity index (χ0n) is 4.10. The van der Waals surface area contributed by atoms with E-state index in [0.29, 0.717) is 0 Å². The van der Waals surface area contributed by atoms with Crippen LogP contribution in [0.1, 0.15) is 2.85 Å². The number of hydrogen-bond donors (Lipinski definition) is 0. The van der Waals surface area contributed by atoms with Gasteiger partial charge in [0.25, 0.3) is 0 Å². The van der Waals surface area contributed by atoms with Crippen molar-refractivity contribution >= 4 is 43.3 Å². The Hall–Kier alpha value is 0.814. The minimum absolute atomic E-state index is 0. The third-order valence-electron chi connectivity index (χ3n) is 0. The van der Waals surface area contributed by atoms with E-state index >= 15 is 0 Å². The topological polar surface area (TPSA) is 0 Å². The fourth-order valence-corrected chi connectivity index (χ4v) is 0. The summed E-state index contributed by atoms with van der Waals surface area (Å²) in [4.78, 5) is 0. The van der Waals surface area contributed by atoms with Gasteiger partial charge in [0.05, 0.1) is 0 Å². The Kier molecular flexibility index (Phi) is 1210. The smallest absolute Gasteiger partial charge is 1.00 e. The predicted molar refractivity (Wildman–Crippen MR) is 28.2 cm³/mol. The van der Waals surface area contributed by atoms with Gasteiger partial charge in [-0.25, -0.2) is 0 Å². The van der Waals surface area contributed by atoms with Gasteiger partial charge in [0.2, 0.25) is 0 Å². The maximum Gasteiger partial charge on any atom is 2.00 e. The van der Waals surface area contributed by atoms with E-state index in [1.54, 1.807) is 0 Å². The van der Waals surface area contributed by atoms with Crippen molar-refractivity contribution in [2.45, 2.75) is 0 Å². The molecule has 23 valence electrons. The zero-order chi connectivity index (χ0) is 0. The molecule has 3 radical (unpaired) electrons. The quantitative estimate of drug-likeness (QED) is 0.379. The number of halogens is 2. The Morgan fingerprint density at radius 1 is 1.00 bits per heavy atom. The van der Waals surface area contributed by atoms with E-state index in [4.69, 9.17) is 0 Å². The molecule has 0 nitrogen and oxygen atoms in total. The summed E-state index contributed by atoms with van der Waals surface area (Å²) < 4.78 is 0. The summed E-state index contributed by atoms with van der Waals surface area (Å²) in [5.41, 5.74) is 0. The maximum atomic E-state index is 0. The van der Waals surface area contributed by atoms with E-state index in [-0.39, 0.29) is 46.2 Å². The van der Waals surface area contributed by atoms with Crippen LogP contribution in [0.3, 0.4) is 0 Å². The molecule has 4 heavy (non-hydrogen) atoms. The average Bonchev–Trinajstić information content (AvgIpc) is 0. The van der Waals surface area contributed by atoms with Gasteiger partial charge in [0, 0.05) is 8.41 Å². The molecule has 0 amide bonds. The minimum Gasteiger partial charge on any atom is -1.00 e. The SMILES string of the molecule is Cl.Cl.[B].[Be+2].[H-].[H-]. The first-order chi connectivity index (χ1) is 0. The van der Waals surface area contributed by atoms with E-state index in [0.717, 1.165) is 0 Å². The molecular weight excluding hydrogens is 90.7 g/mol. The molecule has 0 heterocycles. The van der Waals surface area contributed by atoms with Crippen molar-refractivity contribution in [2.75, 3.05) is 0 Å². The van der Waals surface area contributed by atoms with Crippen LogP contribution >= 0.6 is 24.8 Å². The molecule has 0 aromatic heterocycles. The molecule has 0 saturated heterocycles. The molecule has 0 saturated carbocycles. The van der Waals surface area contributed by atoms with Crippen LogP contribution in [0, 0.1) is 0 Å². The summed E-state index contributed by atoms with van der Waals surface area (Å²) in [6.45, 7) is 0. The Balaban J connectivity index is 0. The first-order valence-corrected chi connectivity index (χ1v) is 0. The second-order valence-electron chi connectivity index (χ2n) is 0. The van der Waals surface area contributed by atoms with Crippen LogP contribution in [0.5, 0.6) is 0 Å². The van der Waals surface area contributed by atoms with E-state index in [1.165, 1.54) is 0 Å². The molecule has 0 spiro atoms. The molecule has 0 aliphatic rings. The molecule has 0 aromatic carbocycles. The first-order valence-electron chi connectivity index (χ1n) is 0. The van der Waals surface area contributed by atoms with Crippen molar-refractivity contribution in [3.05, 3.63) is 0 Å². The minimum atomic E-state index is 0. The van der Waals surface area contributed by atoms with Crippen molar-refractivity contribution in [3.8, 4) is 0 Å². The van der Waals surface area contributed by atoms with Gasteiger partial charge in [0.1, 0.15) is 0 Å². The van der Waals surface area contributed by atoms with Crippen molar-refractivity contribution in [2.24, 2.45) is 0 Å². The summed E-state index contributed by atoms with van der Waals surface area (Å²) in [6, 6.07) is 0. The van der Waals surface area contributed by atoms with Gasteiger partial charge in [-0.3, -0.25) is 0 Å². The number of rotatable bonds is 0.